The van der Waals surface area contributed by atoms with Crippen LogP contribution in [0.1, 0.15) is 22.9 Å². The smallest absolute Gasteiger partial charge is 0.319 e. The minimum Gasteiger partial charge on any atom is -0.319 e. The van der Waals surface area contributed by atoms with Crippen LogP contribution in [0.25, 0.3) is 22.0 Å². The minimum atomic E-state index is -1.25. The Labute approximate surface area is 206 Å². The van der Waals surface area contributed by atoms with Crippen molar-refractivity contribution in [1.82, 2.24) is 15.2 Å². The Kier molecular flexibility index (Phi) is 5.61. The number of urea groups is 1. The van der Waals surface area contributed by atoms with Gasteiger partial charge >= 0.3 is 6.03 Å². The second-order valence-electron chi connectivity index (χ2n) is 8.85. The molecule has 0 aliphatic carbocycles. The first-order valence-corrected chi connectivity index (χ1v) is 12.0. The molecule has 2 N–H and O–H groups in total. The maximum absolute atomic E-state index is 13.3. The van der Waals surface area contributed by atoms with Gasteiger partial charge in [-0.15, -0.1) is 11.3 Å². The third kappa shape index (κ3) is 4.17. The van der Waals surface area contributed by atoms with Gasteiger partial charge in [0.05, 0.1) is 5.69 Å². The van der Waals surface area contributed by atoms with Crippen molar-refractivity contribution in [3.05, 3.63) is 82.7 Å². The molecule has 4 amide bonds. The number of hydrogen-bond donors (Lipinski definition) is 2. The van der Waals surface area contributed by atoms with Crippen LogP contribution in [0.3, 0.4) is 0 Å². The molecule has 0 spiro atoms. The molecule has 0 radical (unpaired) electrons. The summed E-state index contributed by atoms with van der Waals surface area (Å²) in [5, 5.41) is 7.93. The van der Waals surface area contributed by atoms with Crippen molar-refractivity contribution in [2.45, 2.75) is 26.3 Å². The quantitative estimate of drug-likeness (QED) is 0.391. The van der Waals surface area contributed by atoms with Crippen LogP contribution in [0.5, 0.6) is 0 Å². The molecule has 1 aromatic heterocycles. The highest BCUT2D eigenvalue weighted by Gasteiger charge is 2.49. The van der Waals surface area contributed by atoms with E-state index in [0.29, 0.717) is 10.7 Å². The lowest BCUT2D eigenvalue weighted by molar-refractivity contribution is -0.133. The Morgan fingerprint density at radius 1 is 1.03 bits per heavy atom. The largest absolute Gasteiger partial charge is 0.325 e. The summed E-state index contributed by atoms with van der Waals surface area (Å²) in [6, 6.07) is 20.8. The molecule has 1 saturated heterocycles. The van der Waals surface area contributed by atoms with Gasteiger partial charge in [-0.05, 0) is 43.2 Å². The lowest BCUT2D eigenvalue weighted by atomic mass is 9.90. The van der Waals surface area contributed by atoms with Gasteiger partial charge in [0.2, 0.25) is 5.91 Å². The average molecular weight is 485 g/mol. The number of carbonyl (C=O) groups is 3. The zero-order valence-corrected chi connectivity index (χ0v) is 20.4. The van der Waals surface area contributed by atoms with E-state index in [-0.39, 0.29) is 0 Å². The number of aromatic nitrogens is 1. The maximum Gasteiger partial charge on any atom is 0.325 e. The fourth-order valence-electron chi connectivity index (χ4n) is 4.27. The Hall–Kier alpha value is -4.04. The van der Waals surface area contributed by atoms with E-state index < -0.39 is 29.9 Å². The highest BCUT2D eigenvalue weighted by molar-refractivity contribution is 7.16. The van der Waals surface area contributed by atoms with Gasteiger partial charge in [0.25, 0.3) is 5.91 Å². The highest BCUT2D eigenvalue weighted by atomic mass is 32.1. The van der Waals surface area contributed by atoms with Crippen LogP contribution in [0.4, 0.5) is 9.93 Å². The molecule has 1 fully saturated rings. The van der Waals surface area contributed by atoms with Gasteiger partial charge < -0.3 is 10.6 Å². The number of nitrogens with zero attached hydrogens (tertiary/aromatic N) is 2. The number of anilines is 1. The first kappa shape index (κ1) is 22.7. The Bertz CT molecular complexity index is 1480. The van der Waals surface area contributed by atoms with Crippen LogP contribution in [0, 0.1) is 13.8 Å². The molecular formula is C27H24N4O3S. The molecular weight excluding hydrogens is 460 g/mol. The molecule has 176 valence electrons. The Balaban J connectivity index is 1.32. The summed E-state index contributed by atoms with van der Waals surface area (Å²) in [6.45, 7) is 5.22. The van der Waals surface area contributed by atoms with Gasteiger partial charge in [-0.2, -0.15) is 0 Å². The van der Waals surface area contributed by atoms with E-state index in [4.69, 9.17) is 0 Å². The molecule has 0 bridgehead atoms. The first-order chi connectivity index (χ1) is 16.7. The van der Waals surface area contributed by atoms with Crippen LogP contribution >= 0.6 is 11.3 Å². The lowest BCUT2D eigenvalue weighted by Crippen LogP contribution is -2.42. The number of imide groups is 1. The number of nitrogens with one attached hydrogen (secondary N) is 2. The predicted molar refractivity (Wildman–Crippen MR) is 137 cm³/mol. The molecule has 1 unspecified atom stereocenters. The van der Waals surface area contributed by atoms with E-state index in [1.807, 2.05) is 80.6 Å². The molecule has 1 aliphatic rings. The summed E-state index contributed by atoms with van der Waals surface area (Å²) in [5.41, 5.74) is 2.32. The van der Waals surface area contributed by atoms with Crippen molar-refractivity contribution in [3.63, 3.8) is 0 Å². The van der Waals surface area contributed by atoms with E-state index >= 15 is 0 Å². The third-order valence-electron chi connectivity index (χ3n) is 6.27. The van der Waals surface area contributed by atoms with Gasteiger partial charge in [0.1, 0.15) is 12.1 Å². The standard InChI is InChI=1S/C27H24N4O3S/c1-16-8-10-19(11-9-16)23-17(2)35-25(29-23)28-22(32)15-31-24(33)27(3,30-26(31)34)21-13-12-18-6-4-5-7-20(18)14-21/h4-14H,15H2,1-3H3,(H,30,34)(H,28,29,32). The first-order valence-electron chi connectivity index (χ1n) is 11.2. The van der Waals surface area contributed by atoms with E-state index in [9.17, 15) is 14.4 Å². The van der Waals surface area contributed by atoms with E-state index in [2.05, 4.69) is 15.6 Å². The van der Waals surface area contributed by atoms with Crippen LogP contribution < -0.4 is 10.6 Å². The molecule has 8 heteroatoms. The van der Waals surface area contributed by atoms with Crippen LogP contribution in [0.2, 0.25) is 0 Å². The zero-order valence-electron chi connectivity index (χ0n) is 19.6. The summed E-state index contributed by atoms with van der Waals surface area (Å²) in [5.74, 6) is -0.955. The van der Waals surface area contributed by atoms with Crippen LogP contribution in [-0.4, -0.2) is 34.3 Å². The number of aryl methyl sites for hydroxylation is 2. The number of amides is 4. The van der Waals surface area contributed by atoms with E-state index in [1.54, 1.807) is 6.92 Å². The number of fused-ring (bicyclic) bond motifs is 1. The van der Waals surface area contributed by atoms with Crippen molar-refractivity contribution in [2.75, 3.05) is 11.9 Å². The zero-order chi connectivity index (χ0) is 24.7. The average Bonchev–Trinajstić information content (AvgIpc) is 3.31. The molecule has 3 aromatic carbocycles. The lowest BCUT2D eigenvalue weighted by Gasteiger charge is -2.22. The minimum absolute atomic E-state index is 0.396. The van der Waals surface area contributed by atoms with Crippen LogP contribution in [0.15, 0.2) is 66.7 Å². The molecule has 7 nitrogen and oxygen atoms in total. The summed E-state index contributed by atoms with van der Waals surface area (Å²) in [4.78, 5) is 45.2. The molecule has 2 heterocycles. The molecule has 35 heavy (non-hydrogen) atoms. The maximum atomic E-state index is 13.3. The molecule has 5 rings (SSSR count). The Morgan fingerprint density at radius 3 is 2.49 bits per heavy atom. The van der Waals surface area contributed by atoms with Crippen molar-refractivity contribution < 1.29 is 14.4 Å². The van der Waals surface area contributed by atoms with Crippen molar-refractivity contribution in [3.8, 4) is 11.3 Å². The monoisotopic (exact) mass is 484 g/mol. The molecule has 1 aliphatic heterocycles. The number of carbonyl (C=O) groups excluding carboxylic acids is 3. The van der Waals surface area contributed by atoms with Gasteiger partial charge in [-0.1, -0.05) is 66.2 Å². The van der Waals surface area contributed by atoms with E-state index in [1.165, 1.54) is 11.3 Å². The molecule has 4 aromatic rings. The fourth-order valence-corrected chi connectivity index (χ4v) is 5.12. The fraction of sp³-hybridized carbons (Fsp3) is 0.185. The molecule has 0 saturated carbocycles. The van der Waals surface area contributed by atoms with E-state index in [0.717, 1.165) is 37.4 Å². The van der Waals surface area contributed by atoms with Crippen molar-refractivity contribution in [1.29, 1.82) is 0 Å². The second kappa shape index (κ2) is 8.63. The number of benzene rings is 3. The van der Waals surface area contributed by atoms with Crippen LogP contribution in [-0.2, 0) is 15.1 Å². The van der Waals surface area contributed by atoms with Crippen molar-refractivity contribution in [2.24, 2.45) is 0 Å². The van der Waals surface area contributed by atoms with Gasteiger partial charge in [0, 0.05) is 10.4 Å². The SMILES string of the molecule is Cc1ccc(-c2nc(NC(=O)CN3C(=O)NC(C)(c4ccc5ccccc5c4)C3=O)sc2C)cc1. The number of thiazole rings is 1. The number of hydrogen-bond acceptors (Lipinski definition) is 5. The normalized spacial score (nSPS) is 17.6. The third-order valence-corrected chi connectivity index (χ3v) is 7.16. The van der Waals surface area contributed by atoms with Crippen molar-refractivity contribution >= 4 is 45.1 Å². The molecule has 1 atom stereocenters. The summed E-state index contributed by atoms with van der Waals surface area (Å²) < 4.78 is 0. The summed E-state index contributed by atoms with van der Waals surface area (Å²) in [7, 11) is 0. The number of rotatable bonds is 5. The Morgan fingerprint density at radius 2 is 1.74 bits per heavy atom. The summed E-state index contributed by atoms with van der Waals surface area (Å²) >= 11 is 1.35. The van der Waals surface area contributed by atoms with Gasteiger partial charge in [-0.25, -0.2) is 9.78 Å². The predicted octanol–water partition coefficient (Wildman–Crippen LogP) is 4.99. The summed E-state index contributed by atoms with van der Waals surface area (Å²) in [6.07, 6.45) is 0. The van der Waals surface area contributed by atoms with Gasteiger partial charge in [-0.3, -0.25) is 14.5 Å². The van der Waals surface area contributed by atoms with Gasteiger partial charge in [0.15, 0.2) is 5.13 Å². The second-order valence-corrected chi connectivity index (χ2v) is 10.0. The topological polar surface area (TPSA) is 91.4 Å². The highest BCUT2D eigenvalue weighted by Crippen LogP contribution is 2.32.